The molecule has 0 saturated carbocycles. The van der Waals surface area contributed by atoms with E-state index in [0.29, 0.717) is 18.8 Å². The number of carbonyl (C=O) groups is 1. The van der Waals surface area contributed by atoms with Crippen LogP contribution in [0.3, 0.4) is 0 Å². The Morgan fingerprint density at radius 3 is 2.80 bits per heavy atom. The van der Waals surface area contributed by atoms with Crippen LogP contribution in [0.15, 0.2) is 30.5 Å². The van der Waals surface area contributed by atoms with Crippen molar-refractivity contribution in [1.82, 2.24) is 9.78 Å². The first-order chi connectivity index (χ1) is 11.8. The molecule has 0 unspecified atom stereocenters. The topological polar surface area (TPSA) is 59.4 Å². The van der Waals surface area contributed by atoms with E-state index >= 15 is 0 Å². The van der Waals surface area contributed by atoms with Crippen LogP contribution in [-0.2, 0) is 17.8 Å². The first kappa shape index (κ1) is 17.1. The number of aromatic nitrogens is 2. The smallest absolute Gasteiger partial charge is 0.414 e. The lowest BCUT2D eigenvalue weighted by atomic mass is 10.1. The van der Waals surface area contributed by atoms with Gasteiger partial charge in [-0.25, -0.2) is 4.79 Å². The summed E-state index contributed by atoms with van der Waals surface area (Å²) in [5.74, 6) is 0. The standard InChI is InChI=1S/C16H17F3N4O2/c1-11-13(3-2-4-14(11)23-7-8-25-15(23)24)20-9-12-5-6-22(21-12)10-16(17,18)19/h2-6,20H,7-10H2,1H3. The maximum atomic E-state index is 12.4. The Morgan fingerprint density at radius 1 is 1.32 bits per heavy atom. The molecule has 0 atom stereocenters. The average Bonchev–Trinajstić information content (AvgIpc) is 3.14. The molecule has 1 amide bonds. The Bertz CT molecular complexity index is 773. The Labute approximate surface area is 142 Å². The molecule has 1 fully saturated rings. The van der Waals surface area contributed by atoms with Crippen LogP contribution in [0.4, 0.5) is 29.3 Å². The van der Waals surface area contributed by atoms with Gasteiger partial charge in [0.05, 0.1) is 24.5 Å². The molecule has 0 bridgehead atoms. The number of nitrogens with zero attached hydrogens (tertiary/aromatic N) is 3. The van der Waals surface area contributed by atoms with Gasteiger partial charge < -0.3 is 10.1 Å². The maximum Gasteiger partial charge on any atom is 0.414 e. The van der Waals surface area contributed by atoms with Crippen LogP contribution in [0.2, 0.25) is 0 Å². The van der Waals surface area contributed by atoms with Gasteiger partial charge in [-0.3, -0.25) is 9.58 Å². The summed E-state index contributed by atoms with van der Waals surface area (Å²) in [7, 11) is 0. The minimum absolute atomic E-state index is 0.277. The maximum absolute atomic E-state index is 12.4. The van der Waals surface area contributed by atoms with Crippen LogP contribution in [0.1, 0.15) is 11.3 Å². The number of halogens is 3. The molecule has 2 aromatic rings. The molecule has 1 aliphatic heterocycles. The lowest BCUT2D eigenvalue weighted by Crippen LogP contribution is -2.24. The molecule has 0 spiro atoms. The first-order valence-electron chi connectivity index (χ1n) is 7.70. The largest absolute Gasteiger partial charge is 0.447 e. The average molecular weight is 354 g/mol. The quantitative estimate of drug-likeness (QED) is 0.895. The van der Waals surface area contributed by atoms with E-state index in [1.807, 2.05) is 19.1 Å². The van der Waals surface area contributed by atoms with Gasteiger partial charge in [0.25, 0.3) is 0 Å². The predicted octanol–water partition coefficient (Wildman–Crippen LogP) is 3.32. The summed E-state index contributed by atoms with van der Waals surface area (Å²) in [4.78, 5) is 13.3. The Hall–Kier alpha value is -2.71. The van der Waals surface area contributed by atoms with Gasteiger partial charge in [-0.1, -0.05) is 6.07 Å². The highest BCUT2D eigenvalue weighted by Gasteiger charge is 2.28. The van der Waals surface area contributed by atoms with Crippen LogP contribution < -0.4 is 10.2 Å². The van der Waals surface area contributed by atoms with Crippen molar-refractivity contribution in [3.63, 3.8) is 0 Å². The monoisotopic (exact) mass is 354 g/mol. The number of alkyl halides is 3. The number of nitrogens with one attached hydrogen (secondary N) is 1. The number of amides is 1. The number of hydrogen-bond acceptors (Lipinski definition) is 4. The number of hydrogen-bond donors (Lipinski definition) is 1. The van der Waals surface area contributed by atoms with Crippen molar-refractivity contribution in [1.29, 1.82) is 0 Å². The molecule has 0 radical (unpaired) electrons. The van der Waals surface area contributed by atoms with E-state index in [9.17, 15) is 18.0 Å². The SMILES string of the molecule is Cc1c(NCc2ccn(CC(F)(F)F)n2)cccc1N1CCOC1=O. The van der Waals surface area contributed by atoms with E-state index in [2.05, 4.69) is 10.4 Å². The number of anilines is 2. The fourth-order valence-electron chi connectivity index (χ4n) is 2.68. The first-order valence-corrected chi connectivity index (χ1v) is 7.70. The number of ether oxygens (including phenoxy) is 1. The number of benzene rings is 1. The van der Waals surface area contributed by atoms with Gasteiger partial charge in [-0.2, -0.15) is 18.3 Å². The Balaban J connectivity index is 1.68. The highest BCUT2D eigenvalue weighted by Crippen LogP contribution is 2.29. The van der Waals surface area contributed by atoms with Crippen LogP contribution in [0.25, 0.3) is 0 Å². The fourth-order valence-corrected chi connectivity index (χ4v) is 2.68. The van der Waals surface area contributed by atoms with Crippen LogP contribution in [-0.4, -0.2) is 35.2 Å². The third-order valence-electron chi connectivity index (χ3n) is 3.85. The molecular weight excluding hydrogens is 337 g/mol. The zero-order chi connectivity index (χ0) is 18.0. The molecule has 1 aromatic carbocycles. The summed E-state index contributed by atoms with van der Waals surface area (Å²) in [6.07, 6.45) is -3.38. The van der Waals surface area contributed by atoms with Gasteiger partial charge >= 0.3 is 12.3 Å². The fraction of sp³-hybridized carbons (Fsp3) is 0.375. The Kier molecular flexibility index (Phi) is 4.56. The van der Waals surface area contributed by atoms with Gasteiger partial charge in [-0.05, 0) is 30.7 Å². The highest BCUT2D eigenvalue weighted by atomic mass is 19.4. The number of rotatable bonds is 5. The van der Waals surface area contributed by atoms with Crippen molar-refractivity contribution in [2.45, 2.75) is 26.2 Å². The van der Waals surface area contributed by atoms with Crippen LogP contribution >= 0.6 is 0 Å². The van der Waals surface area contributed by atoms with E-state index < -0.39 is 12.7 Å². The molecule has 1 aromatic heterocycles. The molecule has 1 aliphatic rings. The summed E-state index contributed by atoms with van der Waals surface area (Å²) in [5.41, 5.74) is 2.88. The van der Waals surface area contributed by atoms with E-state index in [1.165, 1.54) is 12.3 Å². The molecule has 9 heteroatoms. The minimum Gasteiger partial charge on any atom is -0.447 e. The van der Waals surface area contributed by atoms with Crippen molar-refractivity contribution < 1.29 is 22.7 Å². The number of cyclic esters (lactones) is 1. The molecular formula is C16H17F3N4O2. The van der Waals surface area contributed by atoms with Crippen molar-refractivity contribution in [2.24, 2.45) is 0 Å². The summed E-state index contributed by atoms with van der Waals surface area (Å²) in [6.45, 7) is 1.88. The molecule has 3 rings (SSSR count). The molecule has 134 valence electrons. The van der Waals surface area contributed by atoms with Crippen LogP contribution in [0.5, 0.6) is 0 Å². The van der Waals surface area contributed by atoms with Gasteiger partial charge in [0.2, 0.25) is 0 Å². The predicted molar refractivity (Wildman–Crippen MR) is 85.5 cm³/mol. The van der Waals surface area contributed by atoms with Gasteiger partial charge in [0.15, 0.2) is 0 Å². The summed E-state index contributed by atoms with van der Waals surface area (Å²) < 4.78 is 42.9. The molecule has 2 heterocycles. The summed E-state index contributed by atoms with van der Waals surface area (Å²) in [6, 6.07) is 7.01. The molecule has 25 heavy (non-hydrogen) atoms. The molecule has 0 aliphatic carbocycles. The van der Waals surface area contributed by atoms with Crippen molar-refractivity contribution >= 4 is 17.5 Å². The zero-order valence-corrected chi connectivity index (χ0v) is 13.5. The van der Waals surface area contributed by atoms with E-state index in [0.717, 1.165) is 21.6 Å². The normalized spacial score (nSPS) is 14.7. The van der Waals surface area contributed by atoms with Crippen LogP contribution in [0, 0.1) is 6.92 Å². The van der Waals surface area contributed by atoms with Gasteiger partial charge in [-0.15, -0.1) is 0 Å². The summed E-state index contributed by atoms with van der Waals surface area (Å²) in [5, 5.41) is 7.05. The third-order valence-corrected chi connectivity index (χ3v) is 3.85. The molecule has 1 saturated heterocycles. The van der Waals surface area contributed by atoms with E-state index in [4.69, 9.17) is 4.74 Å². The molecule has 1 N–H and O–H groups in total. The second kappa shape index (κ2) is 6.66. The van der Waals surface area contributed by atoms with E-state index in [1.54, 1.807) is 11.0 Å². The Morgan fingerprint density at radius 2 is 2.12 bits per heavy atom. The second-order valence-corrected chi connectivity index (χ2v) is 5.69. The zero-order valence-electron chi connectivity index (χ0n) is 13.5. The third kappa shape index (κ3) is 4.04. The minimum atomic E-state index is -4.30. The van der Waals surface area contributed by atoms with Crippen molar-refractivity contribution in [3.8, 4) is 0 Å². The number of carbonyl (C=O) groups excluding carboxylic acids is 1. The van der Waals surface area contributed by atoms with Gasteiger partial charge in [0.1, 0.15) is 13.2 Å². The van der Waals surface area contributed by atoms with Gasteiger partial charge in [0, 0.05) is 11.9 Å². The van der Waals surface area contributed by atoms with Crippen molar-refractivity contribution in [2.75, 3.05) is 23.4 Å². The molecule has 6 nitrogen and oxygen atoms in total. The second-order valence-electron chi connectivity index (χ2n) is 5.69. The lowest BCUT2D eigenvalue weighted by Gasteiger charge is -2.18. The van der Waals surface area contributed by atoms with Crippen molar-refractivity contribution in [3.05, 3.63) is 41.7 Å². The highest BCUT2D eigenvalue weighted by molar-refractivity contribution is 5.91. The van der Waals surface area contributed by atoms with E-state index in [-0.39, 0.29) is 12.6 Å². The lowest BCUT2D eigenvalue weighted by molar-refractivity contribution is -0.142. The summed E-state index contributed by atoms with van der Waals surface area (Å²) >= 11 is 0.